The van der Waals surface area contributed by atoms with Gasteiger partial charge in [-0.15, -0.1) is 0 Å². The Morgan fingerprint density at radius 1 is 1.00 bits per heavy atom. The molecule has 0 saturated heterocycles. The molecule has 0 atom stereocenters. The zero-order chi connectivity index (χ0) is 18.1. The molecule has 0 bridgehead atoms. The minimum Gasteiger partial charge on any atom is -0.481 e. The Morgan fingerprint density at radius 2 is 1.44 bits per heavy atom. The highest BCUT2D eigenvalue weighted by atomic mass is 28.4. The molecule has 0 heterocycles. The van der Waals surface area contributed by atoms with Crippen molar-refractivity contribution in [1.82, 2.24) is 0 Å². The molecule has 0 radical (unpaired) electrons. The molecule has 3 nitrogen and oxygen atoms in total. The van der Waals surface area contributed by atoms with E-state index in [9.17, 15) is 9.90 Å². The molecule has 1 fully saturated rings. The molecule has 2 aromatic rings. The third-order valence-corrected chi connectivity index (χ3v) is 10.3. The van der Waals surface area contributed by atoms with Gasteiger partial charge in [-0.1, -0.05) is 81.4 Å². The average Bonchev–Trinajstić information content (AvgIpc) is 3.37. The molecule has 0 spiro atoms. The van der Waals surface area contributed by atoms with E-state index in [2.05, 4.69) is 45.0 Å². The molecule has 1 saturated carbocycles. The van der Waals surface area contributed by atoms with Gasteiger partial charge in [0.2, 0.25) is 0 Å². The molecule has 0 unspecified atom stereocenters. The van der Waals surface area contributed by atoms with E-state index >= 15 is 0 Å². The normalized spacial score (nSPS) is 16.4. The molecule has 3 rings (SSSR count). The summed E-state index contributed by atoms with van der Waals surface area (Å²) < 4.78 is 6.71. The molecule has 0 aliphatic heterocycles. The Hall–Kier alpha value is -1.91. The van der Waals surface area contributed by atoms with Crippen LogP contribution in [-0.2, 0) is 9.22 Å². The van der Waals surface area contributed by atoms with Gasteiger partial charge in [-0.2, -0.15) is 0 Å². The van der Waals surface area contributed by atoms with Crippen LogP contribution in [-0.4, -0.2) is 26.0 Å². The molecule has 1 N–H and O–H groups in total. The van der Waals surface area contributed by atoms with Crippen molar-refractivity contribution in [2.45, 2.75) is 38.7 Å². The summed E-state index contributed by atoms with van der Waals surface area (Å²) in [7, 11) is -2.63. The fourth-order valence-corrected chi connectivity index (χ4v) is 8.23. The van der Waals surface area contributed by atoms with Crippen LogP contribution in [0.3, 0.4) is 0 Å². The summed E-state index contributed by atoms with van der Waals surface area (Å²) in [5.74, 6) is -0.731. The van der Waals surface area contributed by atoms with Gasteiger partial charge in [0.25, 0.3) is 8.32 Å². The molecule has 0 aromatic heterocycles. The minimum absolute atomic E-state index is 0.121. The van der Waals surface area contributed by atoms with Crippen LogP contribution >= 0.6 is 0 Å². The van der Waals surface area contributed by atoms with Crippen molar-refractivity contribution < 1.29 is 14.3 Å². The van der Waals surface area contributed by atoms with Crippen molar-refractivity contribution in [3.63, 3.8) is 0 Å². The summed E-state index contributed by atoms with van der Waals surface area (Å²) in [6, 6.07) is 20.7. The van der Waals surface area contributed by atoms with Gasteiger partial charge in [0.1, 0.15) is 0 Å². The van der Waals surface area contributed by atoms with Crippen molar-refractivity contribution in [1.29, 1.82) is 0 Å². The van der Waals surface area contributed by atoms with Crippen LogP contribution in [0, 0.1) is 5.41 Å². The monoisotopic (exact) mass is 354 g/mol. The van der Waals surface area contributed by atoms with E-state index < -0.39 is 19.7 Å². The van der Waals surface area contributed by atoms with E-state index in [1.54, 1.807) is 0 Å². The Balaban J connectivity index is 2.11. The van der Waals surface area contributed by atoms with E-state index in [0.29, 0.717) is 12.8 Å². The standard InChI is InChI=1S/C21H26O3Si/c1-20(2,3)25(17-10-6-4-7-11-17,18-12-8-5-9-13-18)24-16-21(14-15-21)19(22)23/h4-13H,14-16H2,1-3H3,(H,22,23). The van der Waals surface area contributed by atoms with Crippen molar-refractivity contribution >= 4 is 24.7 Å². The predicted molar refractivity (Wildman–Crippen MR) is 103 cm³/mol. The van der Waals surface area contributed by atoms with Crippen molar-refractivity contribution in [3.8, 4) is 0 Å². The predicted octanol–water partition coefficient (Wildman–Crippen LogP) is 3.43. The lowest BCUT2D eigenvalue weighted by Crippen LogP contribution is -2.67. The maximum Gasteiger partial charge on any atom is 0.311 e. The van der Waals surface area contributed by atoms with Gasteiger partial charge in [-0.25, -0.2) is 0 Å². The highest BCUT2D eigenvalue weighted by molar-refractivity contribution is 6.99. The summed E-state index contributed by atoms with van der Waals surface area (Å²) >= 11 is 0. The highest BCUT2D eigenvalue weighted by Crippen LogP contribution is 2.48. The van der Waals surface area contributed by atoms with Gasteiger partial charge in [0.05, 0.1) is 12.0 Å². The molecule has 4 heteroatoms. The molecule has 132 valence electrons. The number of carbonyl (C=O) groups is 1. The highest BCUT2D eigenvalue weighted by Gasteiger charge is 2.56. The number of rotatable bonds is 6. The van der Waals surface area contributed by atoms with Crippen LogP contribution in [0.2, 0.25) is 5.04 Å². The second kappa shape index (κ2) is 6.43. The van der Waals surface area contributed by atoms with Gasteiger partial charge in [-0.05, 0) is 28.3 Å². The fourth-order valence-electron chi connectivity index (χ4n) is 3.58. The first-order valence-electron chi connectivity index (χ1n) is 8.80. The topological polar surface area (TPSA) is 46.5 Å². The molecular weight excluding hydrogens is 328 g/mol. The minimum atomic E-state index is -2.63. The van der Waals surface area contributed by atoms with E-state index in [1.807, 2.05) is 36.4 Å². The maximum atomic E-state index is 11.7. The summed E-state index contributed by atoms with van der Waals surface area (Å²) in [6.07, 6.45) is 1.42. The first-order chi connectivity index (χ1) is 11.8. The van der Waals surface area contributed by atoms with Gasteiger partial charge in [0, 0.05) is 0 Å². The quantitative estimate of drug-likeness (QED) is 0.809. The Kier molecular flexibility index (Phi) is 4.60. The summed E-state index contributed by atoms with van der Waals surface area (Å²) in [5, 5.41) is 11.8. The fraction of sp³-hybridized carbons (Fsp3) is 0.381. The SMILES string of the molecule is CC(C)(C)[Si](OCC1(C(=O)O)CC1)(c1ccccc1)c1ccccc1. The first-order valence-corrected chi connectivity index (χ1v) is 10.7. The van der Waals surface area contributed by atoms with Gasteiger partial charge < -0.3 is 9.53 Å². The van der Waals surface area contributed by atoms with Crippen molar-refractivity contribution in [3.05, 3.63) is 60.7 Å². The molecular formula is C21H26O3Si. The van der Waals surface area contributed by atoms with Crippen LogP contribution in [0.4, 0.5) is 0 Å². The molecule has 0 amide bonds. The van der Waals surface area contributed by atoms with Gasteiger partial charge in [-0.3, -0.25) is 4.79 Å². The van der Waals surface area contributed by atoms with E-state index in [1.165, 1.54) is 10.4 Å². The summed E-state index contributed by atoms with van der Waals surface area (Å²) in [5.41, 5.74) is -0.687. The largest absolute Gasteiger partial charge is 0.481 e. The lowest BCUT2D eigenvalue weighted by molar-refractivity contribution is -0.144. The molecule has 25 heavy (non-hydrogen) atoms. The zero-order valence-electron chi connectivity index (χ0n) is 15.2. The third-order valence-electron chi connectivity index (χ3n) is 5.29. The van der Waals surface area contributed by atoms with Crippen LogP contribution in [0.5, 0.6) is 0 Å². The van der Waals surface area contributed by atoms with Gasteiger partial charge in [0.15, 0.2) is 0 Å². The molecule has 1 aliphatic carbocycles. The summed E-state index contributed by atoms with van der Waals surface area (Å²) in [4.78, 5) is 11.7. The number of carboxylic acids is 1. The number of carboxylic acid groups (broad SMARTS) is 1. The number of hydrogen-bond acceptors (Lipinski definition) is 2. The smallest absolute Gasteiger partial charge is 0.311 e. The van der Waals surface area contributed by atoms with Crippen LogP contribution in [0.15, 0.2) is 60.7 Å². The van der Waals surface area contributed by atoms with E-state index in [4.69, 9.17) is 4.43 Å². The van der Waals surface area contributed by atoms with Crippen LogP contribution in [0.25, 0.3) is 0 Å². The molecule has 2 aromatic carbocycles. The molecule has 1 aliphatic rings. The number of aliphatic carboxylic acids is 1. The van der Waals surface area contributed by atoms with Gasteiger partial charge >= 0.3 is 5.97 Å². The Bertz CT molecular complexity index is 691. The maximum absolute atomic E-state index is 11.7. The zero-order valence-corrected chi connectivity index (χ0v) is 16.2. The van der Waals surface area contributed by atoms with Crippen molar-refractivity contribution in [2.24, 2.45) is 5.41 Å². The third kappa shape index (κ3) is 3.16. The number of hydrogen-bond donors (Lipinski definition) is 1. The Morgan fingerprint density at radius 3 is 1.76 bits per heavy atom. The Labute approximate surface area is 150 Å². The number of benzene rings is 2. The lowest BCUT2D eigenvalue weighted by atomic mass is 10.1. The second-order valence-corrected chi connectivity index (χ2v) is 12.3. The van der Waals surface area contributed by atoms with Crippen molar-refractivity contribution in [2.75, 3.05) is 6.61 Å². The first kappa shape index (κ1) is 17.9. The average molecular weight is 355 g/mol. The second-order valence-electron chi connectivity index (χ2n) is 8.04. The van der Waals surface area contributed by atoms with Crippen LogP contribution < -0.4 is 10.4 Å². The van der Waals surface area contributed by atoms with E-state index in [0.717, 1.165) is 0 Å². The lowest BCUT2D eigenvalue weighted by Gasteiger charge is -2.43. The summed E-state index contributed by atoms with van der Waals surface area (Å²) in [6.45, 7) is 6.91. The van der Waals surface area contributed by atoms with E-state index in [-0.39, 0.29) is 11.6 Å². The van der Waals surface area contributed by atoms with Crippen LogP contribution in [0.1, 0.15) is 33.6 Å².